The number of aliphatic imine (C=N–C) groups is 2. The zero-order valence-electron chi connectivity index (χ0n) is 35.5. The van der Waals surface area contributed by atoms with Crippen molar-refractivity contribution in [3.05, 3.63) is 271 Å². The van der Waals surface area contributed by atoms with E-state index < -0.39 is 91.3 Å². The first kappa shape index (κ1) is 41.7. The van der Waals surface area contributed by atoms with Crippen molar-refractivity contribution in [2.45, 2.75) is 10.8 Å². The number of aromatic nitrogens is 2. The number of benzene rings is 6. The number of halogens is 10. The third kappa shape index (κ3) is 5.11. The third-order valence-electron chi connectivity index (χ3n) is 14.1. The van der Waals surface area contributed by atoms with Crippen LogP contribution in [-0.2, 0) is 10.8 Å². The Balaban J connectivity index is 1.22. The second kappa shape index (κ2) is 14.5. The molecule has 0 atom stereocenters. The van der Waals surface area contributed by atoms with Crippen molar-refractivity contribution in [2.75, 3.05) is 0 Å². The van der Waals surface area contributed by atoms with Crippen LogP contribution in [0.3, 0.4) is 0 Å². The maximum atomic E-state index is 16.5. The Morgan fingerprint density at radius 3 is 0.957 bits per heavy atom. The lowest BCUT2D eigenvalue weighted by Gasteiger charge is -2.31. The van der Waals surface area contributed by atoms with E-state index in [1.807, 2.05) is 36.4 Å². The lowest BCUT2D eigenvalue weighted by molar-refractivity contribution is 0.376. The highest BCUT2D eigenvalue weighted by Gasteiger charge is 2.52. The van der Waals surface area contributed by atoms with Crippen molar-refractivity contribution in [1.29, 1.82) is 0 Å². The molecule has 2 aromatic heterocycles. The molecule has 8 bridgehead atoms. The van der Waals surface area contributed by atoms with E-state index in [2.05, 4.69) is 9.97 Å². The normalized spacial score (nSPS) is 18.4. The summed E-state index contributed by atoms with van der Waals surface area (Å²) in [6.45, 7) is 0. The highest BCUT2D eigenvalue weighted by atomic mass is 19.2. The van der Waals surface area contributed by atoms with Gasteiger partial charge in [0.2, 0.25) is 11.6 Å². The Labute approximate surface area is 389 Å². The molecule has 340 valence electrons. The van der Waals surface area contributed by atoms with Crippen LogP contribution in [0.1, 0.15) is 56.2 Å². The predicted molar refractivity (Wildman–Crippen MR) is 243 cm³/mol. The lowest BCUT2D eigenvalue weighted by Crippen LogP contribution is -2.41. The standard InChI is InChI=1S/C56H26F10N4/c57-45-43(46(58)50(62)53(65)49(45)61)41-33-17-21-37(67-33)55(29-13-5-1-9-25(29)26-10-2-6-14-30(26)55)38-22-18-34(68-38)42(44-47(59)51(63)54(66)52(64)48(44)60)36-20-24-40(70-36)56(39-23-19-35(41)69-39)31-15-7-3-11-27(31)28-12-4-8-16-32(28)56/h1-24,67-68H/b41-35+,42-36+. The fourth-order valence-electron chi connectivity index (χ4n) is 11.3. The Morgan fingerprint density at radius 1 is 0.314 bits per heavy atom. The first-order valence-corrected chi connectivity index (χ1v) is 21.7. The summed E-state index contributed by atoms with van der Waals surface area (Å²) < 4.78 is 157. The zero-order chi connectivity index (χ0) is 48.1. The summed E-state index contributed by atoms with van der Waals surface area (Å²) in [5, 5.41) is 0. The van der Waals surface area contributed by atoms with Crippen molar-refractivity contribution >= 4 is 22.6 Å². The van der Waals surface area contributed by atoms with Crippen LogP contribution in [0, 0.1) is 58.2 Å². The quantitative estimate of drug-likeness (QED) is 0.0986. The molecule has 2 spiro atoms. The van der Waals surface area contributed by atoms with E-state index in [1.54, 1.807) is 72.8 Å². The van der Waals surface area contributed by atoms with Crippen LogP contribution in [0.15, 0.2) is 167 Å². The molecule has 0 fully saturated rings. The minimum atomic E-state index is -2.35. The smallest absolute Gasteiger partial charge is 0.200 e. The van der Waals surface area contributed by atoms with Crippen LogP contribution >= 0.6 is 0 Å². The number of hydrogen-bond acceptors (Lipinski definition) is 2. The van der Waals surface area contributed by atoms with E-state index >= 15 is 35.1 Å². The molecule has 2 N–H and O–H groups in total. The van der Waals surface area contributed by atoms with Crippen LogP contribution < -0.4 is 0 Å². The average molecular weight is 945 g/mol. The molecular formula is C56H26F10N4. The maximum absolute atomic E-state index is 16.5. The van der Waals surface area contributed by atoms with Gasteiger partial charge in [-0.15, -0.1) is 0 Å². The topological polar surface area (TPSA) is 56.3 Å². The summed E-state index contributed by atoms with van der Waals surface area (Å²) in [5.41, 5.74) is -1.23. The van der Waals surface area contributed by atoms with E-state index in [1.165, 1.54) is 36.4 Å². The van der Waals surface area contributed by atoms with Gasteiger partial charge in [0.1, 0.15) is 10.8 Å². The summed E-state index contributed by atoms with van der Waals surface area (Å²) in [6.07, 6.45) is 5.81. The van der Waals surface area contributed by atoms with Gasteiger partial charge < -0.3 is 9.97 Å². The molecule has 13 rings (SSSR count). The predicted octanol–water partition coefficient (Wildman–Crippen LogP) is 13.6. The Morgan fingerprint density at radius 2 is 0.614 bits per heavy atom. The molecule has 2 aliphatic carbocycles. The molecule has 0 amide bonds. The molecule has 8 aromatic rings. The number of rotatable bonds is 2. The van der Waals surface area contributed by atoms with Gasteiger partial charge in [-0.2, -0.15) is 0 Å². The number of nitrogens with zero attached hydrogens (tertiary/aromatic N) is 2. The summed E-state index contributed by atoms with van der Waals surface area (Å²) in [7, 11) is 0. The molecule has 0 saturated heterocycles. The van der Waals surface area contributed by atoms with Gasteiger partial charge in [0, 0.05) is 33.9 Å². The minimum Gasteiger partial charge on any atom is -0.357 e. The third-order valence-corrected chi connectivity index (χ3v) is 14.1. The number of aromatic amines is 2. The van der Waals surface area contributed by atoms with Crippen molar-refractivity contribution in [3.8, 4) is 22.3 Å². The summed E-state index contributed by atoms with van der Waals surface area (Å²) in [5.74, 6) is -21.8. The highest BCUT2D eigenvalue weighted by Crippen LogP contribution is 2.57. The van der Waals surface area contributed by atoms with Gasteiger partial charge >= 0.3 is 0 Å². The number of H-pyrrole nitrogens is 2. The van der Waals surface area contributed by atoms with Gasteiger partial charge in [-0.25, -0.2) is 43.9 Å². The van der Waals surface area contributed by atoms with Gasteiger partial charge in [-0.05, 0) is 93.1 Å². The first-order chi connectivity index (χ1) is 33.9. The monoisotopic (exact) mass is 944 g/mol. The molecule has 0 radical (unpaired) electrons. The van der Waals surface area contributed by atoms with Crippen molar-refractivity contribution in [1.82, 2.24) is 9.97 Å². The largest absolute Gasteiger partial charge is 0.357 e. The fourth-order valence-corrected chi connectivity index (χ4v) is 11.3. The zero-order valence-corrected chi connectivity index (χ0v) is 35.5. The molecule has 6 aromatic carbocycles. The molecule has 0 unspecified atom stereocenters. The van der Waals surface area contributed by atoms with Crippen molar-refractivity contribution < 1.29 is 43.9 Å². The van der Waals surface area contributed by atoms with Gasteiger partial charge in [0.25, 0.3) is 0 Å². The van der Waals surface area contributed by atoms with E-state index in [0.717, 1.165) is 11.1 Å². The highest BCUT2D eigenvalue weighted by molar-refractivity contribution is 6.32. The summed E-state index contributed by atoms with van der Waals surface area (Å²) in [6, 6.07) is 34.8. The van der Waals surface area contributed by atoms with Crippen LogP contribution in [-0.4, -0.2) is 21.4 Å². The van der Waals surface area contributed by atoms with Crippen LogP contribution in [0.4, 0.5) is 43.9 Å². The van der Waals surface area contributed by atoms with E-state index in [4.69, 9.17) is 9.98 Å². The van der Waals surface area contributed by atoms with Gasteiger partial charge in [0.15, 0.2) is 46.5 Å². The van der Waals surface area contributed by atoms with Gasteiger partial charge in [-0.3, -0.25) is 9.98 Å². The SMILES string of the molecule is Fc1c(F)c(F)c(/C2=C3\C=CC(=N3)C3(C4=N/C(=C(/c5c(F)c(F)c(F)c(F)c5F)c5ccc([nH]5)C5(c6ccc2[nH]6)c2ccccc2-c2ccccc25)C=C4)c2ccccc2-c2ccccc23)c(F)c1F. The first-order valence-electron chi connectivity index (χ1n) is 21.7. The second-order valence-corrected chi connectivity index (χ2v) is 17.3. The number of fused-ring (bicyclic) bond motifs is 20. The van der Waals surface area contributed by atoms with E-state index in [9.17, 15) is 8.78 Å². The van der Waals surface area contributed by atoms with Crippen molar-refractivity contribution in [2.24, 2.45) is 9.98 Å². The van der Waals surface area contributed by atoms with Crippen molar-refractivity contribution in [3.63, 3.8) is 0 Å². The lowest BCUT2D eigenvalue weighted by atomic mass is 9.70. The van der Waals surface area contributed by atoms with Crippen LogP contribution in [0.5, 0.6) is 0 Å². The van der Waals surface area contributed by atoms with E-state index in [-0.39, 0.29) is 45.6 Å². The minimum absolute atomic E-state index is 0.119. The summed E-state index contributed by atoms with van der Waals surface area (Å²) >= 11 is 0. The van der Waals surface area contributed by atoms with Crippen LogP contribution in [0.25, 0.3) is 33.4 Å². The summed E-state index contributed by atoms with van der Waals surface area (Å²) in [4.78, 5) is 16.6. The fraction of sp³-hybridized carbons (Fsp3) is 0.0357. The van der Waals surface area contributed by atoms with E-state index in [0.29, 0.717) is 33.4 Å². The average Bonchev–Trinajstić information content (AvgIpc) is 4.27. The molecule has 4 nitrogen and oxygen atoms in total. The molecule has 5 aliphatic rings. The molecule has 0 saturated carbocycles. The maximum Gasteiger partial charge on any atom is 0.200 e. The number of hydrogen-bond donors (Lipinski definition) is 2. The molecule has 5 heterocycles. The second-order valence-electron chi connectivity index (χ2n) is 17.3. The Hall–Kier alpha value is -8.52. The Bertz CT molecular complexity index is 3610. The van der Waals surface area contributed by atoms with Crippen LogP contribution in [0.2, 0.25) is 0 Å². The molecule has 70 heavy (non-hydrogen) atoms. The van der Waals surface area contributed by atoms with Gasteiger partial charge in [-0.1, -0.05) is 97.1 Å². The molecule has 3 aliphatic heterocycles. The molecular weight excluding hydrogens is 919 g/mol. The van der Waals surface area contributed by atoms with Gasteiger partial charge in [0.05, 0.1) is 33.9 Å². The Kier molecular flexibility index (Phi) is 8.63. The number of allylic oxidation sites excluding steroid dienone is 4. The number of nitrogens with one attached hydrogen (secondary N) is 2. The molecule has 14 heteroatoms.